The van der Waals surface area contributed by atoms with Crippen molar-refractivity contribution in [1.82, 2.24) is 4.57 Å². The summed E-state index contributed by atoms with van der Waals surface area (Å²) in [6.07, 6.45) is 3.74. The van der Waals surface area contributed by atoms with Crippen molar-refractivity contribution in [1.29, 1.82) is 0 Å². The van der Waals surface area contributed by atoms with E-state index in [4.69, 9.17) is 15.2 Å². The Balaban J connectivity index is 2.00. The van der Waals surface area contributed by atoms with Crippen molar-refractivity contribution in [3.05, 3.63) is 46.4 Å². The molecule has 5 heteroatoms. The van der Waals surface area contributed by atoms with Gasteiger partial charge in [0.2, 0.25) is 0 Å². The molecule has 1 fully saturated rings. The van der Waals surface area contributed by atoms with Crippen LogP contribution in [0.15, 0.2) is 35.3 Å². The minimum Gasteiger partial charge on any atom is -0.490 e. The molecule has 0 bridgehead atoms. The maximum atomic E-state index is 11.9. The normalized spacial score (nSPS) is 15.6. The van der Waals surface area contributed by atoms with E-state index in [2.05, 4.69) is 0 Å². The Morgan fingerprint density at radius 3 is 2.70 bits per heavy atom. The first-order chi connectivity index (χ1) is 11.0. The third-order valence-corrected chi connectivity index (χ3v) is 4.14. The third-order valence-electron chi connectivity index (χ3n) is 4.14. The highest BCUT2D eigenvalue weighted by molar-refractivity contribution is 5.73. The maximum absolute atomic E-state index is 11.9. The highest BCUT2D eigenvalue weighted by Gasteiger charge is 2.18. The highest BCUT2D eigenvalue weighted by Crippen LogP contribution is 2.33. The molecule has 1 aromatic heterocycles. The van der Waals surface area contributed by atoms with Crippen LogP contribution >= 0.6 is 0 Å². The number of nitrogens with two attached hydrogens (primary N) is 1. The van der Waals surface area contributed by atoms with E-state index in [-0.39, 0.29) is 11.7 Å². The number of pyridine rings is 1. The molecule has 3 rings (SSSR count). The fourth-order valence-electron chi connectivity index (χ4n) is 2.87. The molecule has 5 nitrogen and oxygen atoms in total. The van der Waals surface area contributed by atoms with Crippen LogP contribution in [0.1, 0.15) is 18.4 Å². The largest absolute Gasteiger partial charge is 0.490 e. The van der Waals surface area contributed by atoms with Crippen molar-refractivity contribution in [3.63, 3.8) is 0 Å². The van der Waals surface area contributed by atoms with Crippen molar-refractivity contribution in [2.75, 3.05) is 18.9 Å². The Hall–Kier alpha value is -2.27. The van der Waals surface area contributed by atoms with Gasteiger partial charge in [0.05, 0.1) is 13.2 Å². The molecule has 0 aliphatic carbocycles. The smallest absolute Gasteiger partial charge is 0.253 e. The lowest BCUT2D eigenvalue weighted by atomic mass is 10.0. The standard InChI is InChI=1S/C18H22N2O3/c1-12-9-13(11-20(2)18(12)21)16-10-14(19)3-4-17(16)23-15-5-7-22-8-6-15/h3-4,9-11,15H,5-8,19H2,1-2H3. The van der Waals surface area contributed by atoms with E-state index in [1.807, 2.05) is 37.4 Å². The lowest BCUT2D eigenvalue weighted by Crippen LogP contribution is -2.26. The fourth-order valence-corrected chi connectivity index (χ4v) is 2.87. The zero-order valence-electron chi connectivity index (χ0n) is 13.5. The molecule has 1 saturated heterocycles. The van der Waals surface area contributed by atoms with Gasteiger partial charge in [-0.2, -0.15) is 0 Å². The minimum atomic E-state index is 0.00421. The summed E-state index contributed by atoms with van der Waals surface area (Å²) >= 11 is 0. The maximum Gasteiger partial charge on any atom is 0.253 e. The van der Waals surface area contributed by atoms with Crippen LogP contribution in [-0.4, -0.2) is 23.9 Å². The Bertz CT molecular complexity index is 735. The molecule has 0 amide bonds. The predicted molar refractivity (Wildman–Crippen MR) is 90.7 cm³/mol. The molecular formula is C18H22N2O3. The molecule has 122 valence electrons. The van der Waals surface area contributed by atoms with E-state index in [1.54, 1.807) is 11.6 Å². The molecular weight excluding hydrogens is 292 g/mol. The van der Waals surface area contributed by atoms with Gasteiger partial charge in [0.15, 0.2) is 0 Å². The van der Waals surface area contributed by atoms with Gasteiger partial charge in [-0.3, -0.25) is 4.79 Å². The second-order valence-electron chi connectivity index (χ2n) is 6.01. The second kappa shape index (κ2) is 6.46. The zero-order valence-corrected chi connectivity index (χ0v) is 13.5. The van der Waals surface area contributed by atoms with Crippen LogP contribution in [-0.2, 0) is 11.8 Å². The summed E-state index contributed by atoms with van der Waals surface area (Å²) < 4.78 is 13.2. The number of nitrogen functional groups attached to an aromatic ring is 1. The van der Waals surface area contributed by atoms with E-state index in [1.165, 1.54) is 0 Å². The van der Waals surface area contributed by atoms with Crippen LogP contribution in [0.25, 0.3) is 11.1 Å². The number of nitrogens with zero attached hydrogens (tertiary/aromatic N) is 1. The molecule has 2 aromatic rings. The quantitative estimate of drug-likeness (QED) is 0.884. The van der Waals surface area contributed by atoms with Gasteiger partial charge in [-0.1, -0.05) is 0 Å². The minimum absolute atomic E-state index is 0.00421. The Labute approximate surface area is 135 Å². The Morgan fingerprint density at radius 1 is 1.26 bits per heavy atom. The lowest BCUT2D eigenvalue weighted by Gasteiger charge is -2.25. The van der Waals surface area contributed by atoms with E-state index in [9.17, 15) is 4.79 Å². The van der Waals surface area contributed by atoms with Crippen LogP contribution in [0.5, 0.6) is 5.75 Å². The van der Waals surface area contributed by atoms with Crippen LogP contribution < -0.4 is 16.0 Å². The van der Waals surface area contributed by atoms with Gasteiger partial charge in [-0.05, 0) is 31.2 Å². The summed E-state index contributed by atoms with van der Waals surface area (Å²) in [5, 5.41) is 0. The molecule has 1 aliphatic heterocycles. The highest BCUT2D eigenvalue weighted by atomic mass is 16.5. The molecule has 0 radical (unpaired) electrons. The van der Waals surface area contributed by atoms with Crippen LogP contribution in [0, 0.1) is 6.92 Å². The monoisotopic (exact) mass is 314 g/mol. The Kier molecular flexibility index (Phi) is 4.39. The van der Waals surface area contributed by atoms with Crippen LogP contribution in [0.3, 0.4) is 0 Å². The molecule has 2 N–H and O–H groups in total. The fraction of sp³-hybridized carbons (Fsp3) is 0.389. The number of aromatic nitrogens is 1. The molecule has 23 heavy (non-hydrogen) atoms. The molecule has 1 aliphatic rings. The molecule has 0 unspecified atom stereocenters. The summed E-state index contributed by atoms with van der Waals surface area (Å²) in [7, 11) is 1.75. The number of anilines is 1. The average molecular weight is 314 g/mol. The number of benzene rings is 1. The third kappa shape index (κ3) is 3.40. The number of rotatable bonds is 3. The van der Waals surface area contributed by atoms with Crippen molar-refractivity contribution in [2.45, 2.75) is 25.9 Å². The number of hydrogen-bond donors (Lipinski definition) is 1. The number of aryl methyl sites for hydroxylation is 2. The molecule has 0 spiro atoms. The SMILES string of the molecule is Cc1cc(-c2cc(N)ccc2OC2CCOCC2)cn(C)c1=O. The topological polar surface area (TPSA) is 66.5 Å². The zero-order chi connectivity index (χ0) is 16.4. The molecule has 0 atom stereocenters. The Morgan fingerprint density at radius 2 is 2.00 bits per heavy atom. The van der Waals surface area contributed by atoms with E-state index in [0.29, 0.717) is 11.3 Å². The second-order valence-corrected chi connectivity index (χ2v) is 6.01. The molecule has 2 heterocycles. The van der Waals surface area contributed by atoms with E-state index < -0.39 is 0 Å². The number of hydrogen-bond acceptors (Lipinski definition) is 4. The summed E-state index contributed by atoms with van der Waals surface area (Å²) in [5.74, 6) is 0.796. The molecule has 1 aromatic carbocycles. The summed E-state index contributed by atoms with van der Waals surface area (Å²) in [6.45, 7) is 3.28. The first-order valence-electron chi connectivity index (χ1n) is 7.86. The first kappa shape index (κ1) is 15.6. The first-order valence-corrected chi connectivity index (χ1v) is 7.86. The van der Waals surface area contributed by atoms with Gasteiger partial charge < -0.3 is 19.8 Å². The van der Waals surface area contributed by atoms with Crippen molar-refractivity contribution < 1.29 is 9.47 Å². The van der Waals surface area contributed by atoms with Crippen LogP contribution in [0.2, 0.25) is 0 Å². The van der Waals surface area contributed by atoms with Crippen LogP contribution in [0.4, 0.5) is 5.69 Å². The number of ether oxygens (including phenoxy) is 2. The van der Waals surface area contributed by atoms with Gasteiger partial charge in [-0.25, -0.2) is 0 Å². The summed E-state index contributed by atoms with van der Waals surface area (Å²) in [4.78, 5) is 11.9. The van der Waals surface area contributed by atoms with E-state index in [0.717, 1.165) is 42.9 Å². The van der Waals surface area contributed by atoms with Gasteiger partial charge >= 0.3 is 0 Å². The molecule has 0 saturated carbocycles. The summed E-state index contributed by atoms with van der Waals surface area (Å²) in [5.41, 5.74) is 9.18. The predicted octanol–water partition coefficient (Wildman–Crippen LogP) is 2.50. The average Bonchev–Trinajstić information content (AvgIpc) is 2.55. The lowest BCUT2D eigenvalue weighted by molar-refractivity contribution is 0.0258. The van der Waals surface area contributed by atoms with Crippen molar-refractivity contribution in [3.8, 4) is 16.9 Å². The van der Waals surface area contributed by atoms with Gasteiger partial charge in [0, 0.05) is 48.5 Å². The van der Waals surface area contributed by atoms with Gasteiger partial charge in [-0.15, -0.1) is 0 Å². The van der Waals surface area contributed by atoms with Gasteiger partial charge in [0.25, 0.3) is 5.56 Å². The van der Waals surface area contributed by atoms with Gasteiger partial charge in [0.1, 0.15) is 11.9 Å². The summed E-state index contributed by atoms with van der Waals surface area (Å²) in [6, 6.07) is 7.52. The van der Waals surface area contributed by atoms with Crippen molar-refractivity contribution in [2.24, 2.45) is 7.05 Å². The van der Waals surface area contributed by atoms with Crippen molar-refractivity contribution >= 4 is 5.69 Å². The van der Waals surface area contributed by atoms with E-state index >= 15 is 0 Å².